The second-order valence-electron chi connectivity index (χ2n) is 6.77. The van der Waals surface area contributed by atoms with Gasteiger partial charge in [0.25, 0.3) is 0 Å². The van der Waals surface area contributed by atoms with Crippen molar-refractivity contribution in [2.24, 2.45) is 22.7 Å². The van der Waals surface area contributed by atoms with Gasteiger partial charge in [0.05, 0.1) is 7.85 Å². The van der Waals surface area contributed by atoms with Gasteiger partial charge in [-0.25, -0.2) is 0 Å². The molecule has 0 aliphatic heterocycles. The molecular formula is C14H29B. The molecule has 1 heteroatoms. The lowest BCUT2D eigenvalue weighted by atomic mass is 9.59. The maximum atomic E-state index is 5.96. The normalized spacial score (nSPS) is 18.9. The largest absolute Gasteiger partial charge is 0.0829 e. The van der Waals surface area contributed by atoms with Crippen LogP contribution in [0.25, 0.3) is 0 Å². The van der Waals surface area contributed by atoms with Crippen molar-refractivity contribution in [1.82, 2.24) is 0 Å². The molecule has 0 aliphatic rings. The van der Waals surface area contributed by atoms with Crippen molar-refractivity contribution in [3.05, 3.63) is 0 Å². The minimum Gasteiger partial charge on any atom is -0.0829 e. The second kappa shape index (κ2) is 5.41. The standard InChI is InChI=1S/C14H29B/c1-11(2)12(3)8-9-14(7,10-15)13(4,5)6/h11-12H,8-10H2,1-7H3. The van der Waals surface area contributed by atoms with Crippen LogP contribution in [0.15, 0.2) is 0 Å². The molecule has 0 saturated carbocycles. The molecule has 2 unspecified atom stereocenters. The molecule has 15 heavy (non-hydrogen) atoms. The van der Waals surface area contributed by atoms with Gasteiger partial charge in [0.1, 0.15) is 0 Å². The molecule has 2 atom stereocenters. The van der Waals surface area contributed by atoms with E-state index in [2.05, 4.69) is 48.5 Å². The lowest BCUT2D eigenvalue weighted by molar-refractivity contribution is 0.107. The molecule has 0 amide bonds. The van der Waals surface area contributed by atoms with E-state index in [0.29, 0.717) is 5.41 Å². The van der Waals surface area contributed by atoms with Gasteiger partial charge in [-0.15, -0.1) is 0 Å². The monoisotopic (exact) mass is 208 g/mol. The topological polar surface area (TPSA) is 0 Å². The Morgan fingerprint density at radius 3 is 1.73 bits per heavy atom. The van der Waals surface area contributed by atoms with E-state index in [9.17, 15) is 0 Å². The van der Waals surface area contributed by atoms with E-state index in [1.54, 1.807) is 0 Å². The van der Waals surface area contributed by atoms with Gasteiger partial charge in [-0.05, 0) is 35.5 Å². The Kier molecular flexibility index (Phi) is 5.43. The summed E-state index contributed by atoms with van der Waals surface area (Å²) in [6.07, 6.45) is 3.33. The Balaban J connectivity index is 4.35. The Labute approximate surface area is 98.6 Å². The van der Waals surface area contributed by atoms with E-state index in [1.807, 2.05) is 0 Å². The average Bonchev–Trinajstić information content (AvgIpc) is 2.11. The van der Waals surface area contributed by atoms with Crippen LogP contribution in [0.3, 0.4) is 0 Å². The van der Waals surface area contributed by atoms with E-state index in [0.717, 1.165) is 18.2 Å². The second-order valence-corrected chi connectivity index (χ2v) is 6.77. The molecule has 0 N–H and O–H groups in total. The third-order valence-electron chi connectivity index (χ3n) is 4.55. The Hall–Kier alpha value is 0.0649. The van der Waals surface area contributed by atoms with E-state index in [-0.39, 0.29) is 5.41 Å². The number of hydrogen-bond donors (Lipinski definition) is 0. The zero-order chi connectivity index (χ0) is 12.3. The quantitative estimate of drug-likeness (QED) is 0.574. The van der Waals surface area contributed by atoms with E-state index in [1.165, 1.54) is 12.8 Å². The Morgan fingerprint density at radius 2 is 1.47 bits per heavy atom. The van der Waals surface area contributed by atoms with Crippen LogP contribution < -0.4 is 0 Å². The van der Waals surface area contributed by atoms with Gasteiger partial charge >= 0.3 is 0 Å². The molecule has 2 radical (unpaired) electrons. The van der Waals surface area contributed by atoms with E-state index < -0.39 is 0 Å². The lowest BCUT2D eigenvalue weighted by Crippen LogP contribution is -2.33. The molecule has 0 aliphatic carbocycles. The van der Waals surface area contributed by atoms with Crippen LogP contribution in [0.2, 0.25) is 6.32 Å². The van der Waals surface area contributed by atoms with Crippen LogP contribution in [-0.4, -0.2) is 7.85 Å². The molecule has 0 aromatic heterocycles. The fourth-order valence-electron chi connectivity index (χ4n) is 1.66. The summed E-state index contributed by atoms with van der Waals surface area (Å²) < 4.78 is 0. The molecule has 0 spiro atoms. The van der Waals surface area contributed by atoms with Crippen molar-refractivity contribution in [2.45, 2.75) is 67.6 Å². The first kappa shape index (κ1) is 15.1. The van der Waals surface area contributed by atoms with Gasteiger partial charge in [0.2, 0.25) is 0 Å². The fourth-order valence-corrected chi connectivity index (χ4v) is 1.66. The number of hydrogen-bond acceptors (Lipinski definition) is 0. The minimum atomic E-state index is 0.274. The summed E-state index contributed by atoms with van der Waals surface area (Å²) in [5, 5.41) is 0. The SMILES string of the molecule is [B]CC(C)(CCC(C)C(C)C)C(C)(C)C. The van der Waals surface area contributed by atoms with Crippen LogP contribution in [0.5, 0.6) is 0 Å². The molecule has 0 aromatic carbocycles. The molecule has 0 nitrogen and oxygen atoms in total. The highest BCUT2D eigenvalue weighted by Crippen LogP contribution is 2.45. The maximum absolute atomic E-state index is 5.96. The fraction of sp³-hybridized carbons (Fsp3) is 1.00. The highest BCUT2D eigenvalue weighted by atomic mass is 14.4. The minimum absolute atomic E-state index is 0.274. The third kappa shape index (κ3) is 4.21. The summed E-state index contributed by atoms with van der Waals surface area (Å²) in [7, 11) is 5.96. The van der Waals surface area contributed by atoms with Crippen molar-refractivity contribution in [3.63, 3.8) is 0 Å². The van der Waals surface area contributed by atoms with Crippen LogP contribution in [-0.2, 0) is 0 Å². The summed E-state index contributed by atoms with van der Waals surface area (Å²) in [4.78, 5) is 0. The molecule has 88 valence electrons. The zero-order valence-corrected chi connectivity index (χ0v) is 11.9. The highest BCUT2D eigenvalue weighted by Gasteiger charge is 2.35. The summed E-state index contributed by atoms with van der Waals surface area (Å²) in [5.74, 6) is 1.59. The van der Waals surface area contributed by atoms with E-state index >= 15 is 0 Å². The predicted octanol–water partition coefficient (Wildman–Crippen LogP) is 4.70. The smallest absolute Gasteiger partial charge is 0.0660 e. The van der Waals surface area contributed by atoms with Crippen LogP contribution >= 0.6 is 0 Å². The molecule has 0 saturated heterocycles. The zero-order valence-electron chi connectivity index (χ0n) is 11.9. The first-order valence-corrected chi connectivity index (χ1v) is 6.34. The first-order chi connectivity index (χ1) is 6.64. The lowest BCUT2D eigenvalue weighted by Gasteiger charge is -2.43. The Bertz CT molecular complexity index is 178. The predicted molar refractivity (Wildman–Crippen MR) is 71.4 cm³/mol. The van der Waals surface area contributed by atoms with Gasteiger partial charge in [-0.2, -0.15) is 0 Å². The average molecular weight is 208 g/mol. The van der Waals surface area contributed by atoms with Gasteiger partial charge < -0.3 is 0 Å². The first-order valence-electron chi connectivity index (χ1n) is 6.34. The van der Waals surface area contributed by atoms with Gasteiger partial charge in [-0.1, -0.05) is 54.8 Å². The third-order valence-corrected chi connectivity index (χ3v) is 4.55. The van der Waals surface area contributed by atoms with Crippen LogP contribution in [0, 0.1) is 22.7 Å². The van der Waals surface area contributed by atoms with Crippen molar-refractivity contribution < 1.29 is 0 Å². The van der Waals surface area contributed by atoms with Crippen molar-refractivity contribution >= 4 is 7.85 Å². The summed E-state index contributed by atoms with van der Waals surface area (Å²) >= 11 is 0. The van der Waals surface area contributed by atoms with Crippen molar-refractivity contribution in [1.29, 1.82) is 0 Å². The molecule has 0 aromatic rings. The summed E-state index contributed by atoms with van der Waals surface area (Å²) in [5.41, 5.74) is 0.578. The molecular weight excluding hydrogens is 179 g/mol. The van der Waals surface area contributed by atoms with Crippen molar-refractivity contribution in [2.75, 3.05) is 0 Å². The van der Waals surface area contributed by atoms with Gasteiger partial charge in [-0.3, -0.25) is 0 Å². The van der Waals surface area contributed by atoms with E-state index in [4.69, 9.17) is 7.85 Å². The number of rotatable bonds is 5. The van der Waals surface area contributed by atoms with Crippen LogP contribution in [0.4, 0.5) is 0 Å². The summed E-state index contributed by atoms with van der Waals surface area (Å²) in [6, 6.07) is 0. The maximum Gasteiger partial charge on any atom is 0.0660 e. The van der Waals surface area contributed by atoms with Gasteiger partial charge in [0, 0.05) is 0 Å². The molecule has 0 bridgehead atoms. The molecule has 0 heterocycles. The van der Waals surface area contributed by atoms with Gasteiger partial charge in [0.15, 0.2) is 0 Å². The van der Waals surface area contributed by atoms with Crippen LogP contribution in [0.1, 0.15) is 61.3 Å². The highest BCUT2D eigenvalue weighted by molar-refractivity contribution is 6.09. The summed E-state index contributed by atoms with van der Waals surface area (Å²) in [6.45, 7) is 16.2. The Morgan fingerprint density at radius 1 is 1.00 bits per heavy atom. The van der Waals surface area contributed by atoms with Crippen molar-refractivity contribution in [3.8, 4) is 0 Å². The molecule has 0 fully saturated rings. The molecule has 0 rings (SSSR count).